The van der Waals surface area contributed by atoms with Crippen molar-refractivity contribution in [2.24, 2.45) is 11.3 Å². The van der Waals surface area contributed by atoms with Crippen molar-refractivity contribution in [3.63, 3.8) is 0 Å². The minimum atomic E-state index is -3.32. The van der Waals surface area contributed by atoms with Crippen LogP contribution >= 0.6 is 0 Å². The van der Waals surface area contributed by atoms with E-state index in [4.69, 9.17) is 5.73 Å². The lowest BCUT2D eigenvalue weighted by Crippen LogP contribution is -2.37. The Morgan fingerprint density at radius 1 is 1.32 bits per heavy atom. The van der Waals surface area contributed by atoms with E-state index in [0.29, 0.717) is 23.7 Å². The van der Waals surface area contributed by atoms with Crippen molar-refractivity contribution in [3.05, 3.63) is 29.8 Å². The summed E-state index contributed by atoms with van der Waals surface area (Å²) < 4.78 is 26.7. The van der Waals surface area contributed by atoms with E-state index in [-0.39, 0.29) is 11.2 Å². The second-order valence-corrected chi connectivity index (χ2v) is 7.78. The smallest absolute Gasteiger partial charge is 0.215 e. The lowest BCUT2D eigenvalue weighted by molar-refractivity contribution is 0.252. The van der Waals surface area contributed by atoms with Gasteiger partial charge in [-0.05, 0) is 29.0 Å². The Kier molecular flexibility index (Phi) is 4.98. The number of rotatable bonds is 6. The van der Waals surface area contributed by atoms with Crippen molar-refractivity contribution in [2.45, 2.75) is 33.4 Å². The van der Waals surface area contributed by atoms with Gasteiger partial charge in [0, 0.05) is 12.2 Å². The first-order valence-electron chi connectivity index (χ1n) is 6.44. The topological polar surface area (TPSA) is 72.2 Å². The molecule has 19 heavy (non-hydrogen) atoms. The van der Waals surface area contributed by atoms with Crippen LogP contribution in [0.1, 0.15) is 33.3 Å². The largest absolute Gasteiger partial charge is 0.399 e. The van der Waals surface area contributed by atoms with E-state index in [1.165, 1.54) is 0 Å². The molecule has 0 saturated carbocycles. The molecule has 0 amide bonds. The minimum Gasteiger partial charge on any atom is -0.399 e. The van der Waals surface area contributed by atoms with Gasteiger partial charge >= 0.3 is 0 Å². The first-order valence-corrected chi connectivity index (χ1v) is 8.09. The summed E-state index contributed by atoms with van der Waals surface area (Å²) in [6.45, 7) is 8.73. The van der Waals surface area contributed by atoms with Crippen LogP contribution in [0, 0.1) is 11.3 Å². The van der Waals surface area contributed by atoms with Crippen LogP contribution in [-0.4, -0.2) is 15.0 Å². The molecule has 0 fully saturated rings. The van der Waals surface area contributed by atoms with E-state index >= 15 is 0 Å². The predicted octanol–water partition coefficient (Wildman–Crippen LogP) is 2.37. The van der Waals surface area contributed by atoms with Gasteiger partial charge < -0.3 is 5.73 Å². The number of hydrogen-bond acceptors (Lipinski definition) is 3. The molecule has 0 aliphatic carbocycles. The molecule has 3 N–H and O–H groups in total. The molecule has 0 atom stereocenters. The second-order valence-electron chi connectivity index (χ2n) is 5.97. The molecule has 0 heterocycles. The highest BCUT2D eigenvalue weighted by Gasteiger charge is 2.24. The number of nitrogen functional groups attached to an aromatic ring is 1. The summed E-state index contributed by atoms with van der Waals surface area (Å²) in [5.74, 6) is 0.370. The summed E-state index contributed by atoms with van der Waals surface area (Å²) in [5, 5.41) is 0. The molecule has 108 valence electrons. The second kappa shape index (κ2) is 5.92. The third-order valence-corrected chi connectivity index (χ3v) is 4.92. The van der Waals surface area contributed by atoms with Crippen LogP contribution in [0.5, 0.6) is 0 Å². The molecule has 0 unspecified atom stereocenters. The molecule has 1 aromatic carbocycles. The van der Waals surface area contributed by atoms with Gasteiger partial charge in [0.1, 0.15) is 0 Å². The monoisotopic (exact) mass is 284 g/mol. The van der Waals surface area contributed by atoms with Crippen LogP contribution in [0.15, 0.2) is 24.3 Å². The van der Waals surface area contributed by atoms with Gasteiger partial charge in [0.05, 0.1) is 5.75 Å². The zero-order valence-corrected chi connectivity index (χ0v) is 12.9. The standard InChI is InChI=1S/C14H24N2O2S/c1-11(2)14(3,4)10-16-19(17,18)9-12-6-5-7-13(15)8-12/h5-8,11,16H,9-10,15H2,1-4H3. The molecular weight excluding hydrogens is 260 g/mol. The Hall–Kier alpha value is -1.07. The first-order chi connectivity index (χ1) is 8.62. The van der Waals surface area contributed by atoms with Crippen LogP contribution in [-0.2, 0) is 15.8 Å². The fourth-order valence-electron chi connectivity index (χ4n) is 1.45. The van der Waals surface area contributed by atoms with E-state index in [0.717, 1.165) is 0 Å². The zero-order chi connectivity index (χ0) is 14.7. The molecule has 0 spiro atoms. The number of hydrogen-bond donors (Lipinski definition) is 2. The number of benzene rings is 1. The predicted molar refractivity (Wildman–Crippen MR) is 80.1 cm³/mol. The Morgan fingerprint density at radius 2 is 1.95 bits per heavy atom. The fraction of sp³-hybridized carbons (Fsp3) is 0.571. The highest BCUT2D eigenvalue weighted by Crippen LogP contribution is 2.25. The van der Waals surface area contributed by atoms with Gasteiger partial charge in [-0.25, -0.2) is 13.1 Å². The van der Waals surface area contributed by atoms with E-state index in [1.54, 1.807) is 24.3 Å². The molecule has 0 aliphatic rings. The molecule has 1 rings (SSSR count). The van der Waals surface area contributed by atoms with Gasteiger partial charge in [0.2, 0.25) is 10.0 Å². The third kappa shape index (κ3) is 5.20. The fourth-order valence-corrected chi connectivity index (χ4v) is 2.77. The average molecular weight is 284 g/mol. The maximum absolute atomic E-state index is 12.0. The summed E-state index contributed by atoms with van der Waals surface area (Å²) in [7, 11) is -3.32. The normalized spacial score (nSPS) is 12.9. The lowest BCUT2D eigenvalue weighted by Gasteiger charge is -2.29. The molecular formula is C14H24N2O2S. The van der Waals surface area contributed by atoms with Crippen molar-refractivity contribution in [3.8, 4) is 0 Å². The quantitative estimate of drug-likeness (QED) is 0.788. The van der Waals surface area contributed by atoms with Gasteiger partial charge in [-0.2, -0.15) is 0 Å². The zero-order valence-electron chi connectivity index (χ0n) is 12.1. The van der Waals surface area contributed by atoms with Crippen molar-refractivity contribution >= 4 is 15.7 Å². The highest BCUT2D eigenvalue weighted by molar-refractivity contribution is 7.88. The van der Waals surface area contributed by atoms with Crippen LogP contribution in [0.2, 0.25) is 0 Å². The van der Waals surface area contributed by atoms with Crippen LogP contribution < -0.4 is 10.5 Å². The number of nitrogens with one attached hydrogen (secondary N) is 1. The maximum Gasteiger partial charge on any atom is 0.215 e. The Morgan fingerprint density at radius 3 is 2.47 bits per heavy atom. The Bertz CT molecular complexity index is 522. The summed E-state index contributed by atoms with van der Waals surface area (Å²) in [6.07, 6.45) is 0. The van der Waals surface area contributed by atoms with Gasteiger partial charge in [-0.1, -0.05) is 39.8 Å². The molecule has 4 nitrogen and oxygen atoms in total. The molecule has 0 aromatic heterocycles. The van der Waals surface area contributed by atoms with E-state index in [1.807, 2.05) is 0 Å². The first kappa shape index (κ1) is 16.0. The molecule has 5 heteroatoms. The SMILES string of the molecule is CC(C)C(C)(C)CNS(=O)(=O)Cc1cccc(N)c1. The molecule has 0 radical (unpaired) electrons. The average Bonchev–Trinajstić information content (AvgIpc) is 2.26. The lowest BCUT2D eigenvalue weighted by atomic mass is 9.81. The summed E-state index contributed by atoms with van der Waals surface area (Å²) >= 11 is 0. The van der Waals surface area contributed by atoms with Gasteiger partial charge in [0.25, 0.3) is 0 Å². The maximum atomic E-state index is 12.0. The van der Waals surface area contributed by atoms with Gasteiger partial charge in [0.15, 0.2) is 0 Å². The molecule has 0 aliphatic heterocycles. The van der Waals surface area contributed by atoms with E-state index in [2.05, 4.69) is 32.4 Å². The molecule has 0 saturated heterocycles. The summed E-state index contributed by atoms with van der Waals surface area (Å²) in [4.78, 5) is 0. The minimum absolute atomic E-state index is 0.0355. The molecule has 0 bridgehead atoms. The number of anilines is 1. The van der Waals surface area contributed by atoms with E-state index < -0.39 is 10.0 Å². The summed E-state index contributed by atoms with van der Waals surface area (Å²) in [6, 6.07) is 6.96. The van der Waals surface area contributed by atoms with Crippen molar-refractivity contribution in [1.82, 2.24) is 4.72 Å². The number of nitrogens with two attached hydrogens (primary N) is 1. The third-order valence-electron chi connectivity index (χ3n) is 3.62. The highest BCUT2D eigenvalue weighted by atomic mass is 32.2. The van der Waals surface area contributed by atoms with Gasteiger partial charge in [-0.15, -0.1) is 0 Å². The van der Waals surface area contributed by atoms with Crippen molar-refractivity contribution in [1.29, 1.82) is 0 Å². The van der Waals surface area contributed by atoms with Gasteiger partial charge in [-0.3, -0.25) is 0 Å². The van der Waals surface area contributed by atoms with Crippen molar-refractivity contribution < 1.29 is 8.42 Å². The molecule has 1 aromatic rings. The number of sulfonamides is 1. The Labute approximate surface area is 116 Å². The van der Waals surface area contributed by atoms with Crippen LogP contribution in [0.25, 0.3) is 0 Å². The van der Waals surface area contributed by atoms with E-state index in [9.17, 15) is 8.42 Å². The Balaban J connectivity index is 2.68. The summed E-state index contributed by atoms with van der Waals surface area (Å²) in [5.41, 5.74) is 6.86. The van der Waals surface area contributed by atoms with Crippen molar-refractivity contribution in [2.75, 3.05) is 12.3 Å². The van der Waals surface area contributed by atoms with Crippen LogP contribution in [0.3, 0.4) is 0 Å². The van der Waals surface area contributed by atoms with Crippen LogP contribution in [0.4, 0.5) is 5.69 Å².